The third kappa shape index (κ3) is 24.7. The summed E-state index contributed by atoms with van der Waals surface area (Å²) in [7, 11) is 0. The zero-order valence-corrected chi connectivity index (χ0v) is 71.1. The van der Waals surface area contributed by atoms with Crippen molar-refractivity contribution in [3.63, 3.8) is 0 Å². The Kier molecular flexibility index (Phi) is 39.0. The summed E-state index contributed by atoms with van der Waals surface area (Å²) in [6.07, 6.45) is -97.8. The molecule has 60 nitrogen and oxygen atoms in total. The molecule has 35 N–H and O–H groups in total. The highest BCUT2D eigenvalue weighted by Crippen LogP contribution is 2.44. The fourth-order valence-corrected chi connectivity index (χ4v) is 16.8. The smallest absolute Gasteiger partial charge is 0.364 e. The number of carbonyl (C=O) groups is 8. The van der Waals surface area contributed by atoms with Crippen LogP contribution in [0.2, 0.25) is 0 Å². The van der Waals surface area contributed by atoms with E-state index >= 15 is 0 Å². The lowest BCUT2D eigenvalue weighted by atomic mass is 9.88. The predicted octanol–water partition coefficient (Wildman–Crippen LogP) is -22.3. The minimum Gasteiger partial charge on any atom is -0.477 e. The molecule has 0 aliphatic carbocycles. The van der Waals surface area contributed by atoms with Crippen LogP contribution in [0.4, 0.5) is 0 Å². The monoisotopic (exact) mass is 1950 g/mol. The predicted molar refractivity (Wildman–Crippen MR) is 407 cm³/mol. The third-order valence-electron chi connectivity index (χ3n) is 23.7. The Morgan fingerprint density at radius 2 is 0.639 bits per heavy atom. The van der Waals surface area contributed by atoms with Crippen LogP contribution in [0.25, 0.3) is 0 Å². The summed E-state index contributed by atoms with van der Waals surface area (Å²) in [4.78, 5) is 104. The summed E-state index contributed by atoms with van der Waals surface area (Å²) in [6.45, 7) is -7.32. The second-order valence-electron chi connectivity index (χ2n) is 33.3. The lowest BCUT2D eigenvalue weighted by Crippen LogP contribution is -2.72. The Labute approximate surface area is 750 Å². The zero-order valence-electron chi connectivity index (χ0n) is 71.1. The molecule has 0 spiro atoms. The number of nitrogens with one attached hydrogen (secondary N) is 5. The van der Waals surface area contributed by atoms with Crippen LogP contribution in [0.3, 0.4) is 0 Å². The van der Waals surface area contributed by atoms with Gasteiger partial charge in [-0.05, 0) is 0 Å². The van der Waals surface area contributed by atoms with Gasteiger partial charge in [0.05, 0.1) is 95.9 Å². The van der Waals surface area contributed by atoms with Crippen LogP contribution < -0.4 is 26.6 Å². The largest absolute Gasteiger partial charge is 0.477 e. The number of amides is 5. The van der Waals surface area contributed by atoms with Crippen LogP contribution in [0, 0.1) is 0 Å². The maximum atomic E-state index is 13.8. The maximum Gasteiger partial charge on any atom is 0.364 e. The van der Waals surface area contributed by atoms with E-state index in [1.807, 2.05) is 0 Å². The van der Waals surface area contributed by atoms with Crippen LogP contribution in [0.1, 0.15) is 53.9 Å². The van der Waals surface area contributed by atoms with Crippen molar-refractivity contribution in [3.8, 4) is 0 Å². The molecule has 0 saturated carbocycles. The number of carbonyl (C=O) groups excluding carboxylic acids is 5. The number of aliphatic hydroxyl groups excluding tert-OH is 27. The molecule has 1 unspecified atom stereocenters. The second kappa shape index (κ2) is 46.8. The molecule has 60 heteroatoms. The van der Waals surface area contributed by atoms with Gasteiger partial charge >= 0.3 is 17.9 Å². The van der Waals surface area contributed by atoms with Crippen molar-refractivity contribution in [2.45, 2.75) is 347 Å². The van der Waals surface area contributed by atoms with Crippen molar-refractivity contribution < 1.29 is 272 Å². The standard InChI is InChI=1S/C73H119N5O55/c1-18(85)74-35-23(90)6-71(68(111)112,130-57(35)40(96)26(93)9-79)118-16-33-43(99)48(104)51(107)65(125-33)126-54-31(14-84)122-63(38(47(54)103)77-21(4)88)117-15-32-46(102)60(52(108)66(124-32)127-55-30(13-83)120-62(110)50(106)49(55)105)129-64-39(78-22(5)89)56(45(101)34(123-64)17-119-72(69(113)114)7-24(91)36(75-19(2)86)58(131-72)41(97)27(94)10-80)128-67-53(109)61(44(100)29(12-82)121-67)133-73(70(115)116)8-25(92)37(76-20(3)87)59(132-73)42(98)28(95)11-81/h23-67,79-84,90-110H,6-17H2,1-5H3,(H,74,85)(H,75,86)(H,76,87)(H,77,88)(H,78,89)(H,111,112)(H,113,114)(H,115,116)/t23-,24-,25-,26+,27+,28+,29+,30+,31+,32+,33+,34+,35+,36+,37+,38+,39+,40+,41+,42+,43-,44-,45+,46-,47+,48-,49+,50+,51+,52+,53+,54+,55+,56+,57+,58+,59+,60-,61-,62?,63+,64-,65-,66-,67-,71+,72+,73-/m0/s1. The van der Waals surface area contributed by atoms with Gasteiger partial charge in [-0.1, -0.05) is 0 Å². The maximum absolute atomic E-state index is 13.8. The first-order valence-corrected chi connectivity index (χ1v) is 41.5. The molecule has 9 aliphatic rings. The van der Waals surface area contributed by atoms with Gasteiger partial charge in [0.1, 0.15) is 201 Å². The molecule has 48 atom stereocenters. The summed E-state index contributed by atoms with van der Waals surface area (Å²) in [6, 6.07) is -9.86. The van der Waals surface area contributed by atoms with E-state index < -0.39 is 419 Å². The summed E-state index contributed by atoms with van der Waals surface area (Å²) in [5.74, 6) is -21.6. The molecule has 5 amide bonds. The number of aliphatic hydroxyl groups is 27. The summed E-state index contributed by atoms with van der Waals surface area (Å²) >= 11 is 0. The number of carboxylic acids is 3. The number of hydrogen-bond acceptors (Lipinski definition) is 52. The van der Waals surface area contributed by atoms with Crippen LogP contribution in [0.5, 0.6) is 0 Å². The number of carboxylic acid groups (broad SMARTS) is 3. The first-order chi connectivity index (χ1) is 62.3. The fourth-order valence-electron chi connectivity index (χ4n) is 16.8. The summed E-state index contributed by atoms with van der Waals surface area (Å²) in [5, 5.41) is 346. The van der Waals surface area contributed by atoms with Gasteiger partial charge in [0, 0.05) is 53.9 Å². The number of ether oxygens (including phenoxy) is 17. The molecule has 766 valence electrons. The molecule has 9 aliphatic heterocycles. The van der Waals surface area contributed by atoms with E-state index in [4.69, 9.17) is 80.5 Å². The highest BCUT2D eigenvalue weighted by Gasteiger charge is 2.65. The van der Waals surface area contributed by atoms with Crippen LogP contribution in [0.15, 0.2) is 0 Å². The quantitative estimate of drug-likeness (QED) is 0.0272. The van der Waals surface area contributed by atoms with Gasteiger partial charge in [-0.15, -0.1) is 0 Å². The van der Waals surface area contributed by atoms with Gasteiger partial charge in [0.15, 0.2) is 37.7 Å². The molecule has 0 aromatic heterocycles. The Hall–Kier alpha value is -6.00. The van der Waals surface area contributed by atoms with Crippen LogP contribution in [-0.2, 0) is 119 Å². The van der Waals surface area contributed by atoms with Gasteiger partial charge in [-0.3, -0.25) is 24.0 Å². The lowest BCUT2D eigenvalue weighted by Gasteiger charge is -2.52. The summed E-state index contributed by atoms with van der Waals surface area (Å²) < 4.78 is 99.8. The van der Waals surface area contributed by atoms with Gasteiger partial charge in [0.2, 0.25) is 29.5 Å². The molecular formula is C73H119N5O55. The molecule has 0 aromatic carbocycles. The van der Waals surface area contributed by atoms with E-state index in [1.54, 1.807) is 0 Å². The Balaban J connectivity index is 1.08. The first kappa shape index (κ1) is 111. The zero-order chi connectivity index (χ0) is 99.1. The highest BCUT2D eigenvalue weighted by molar-refractivity contribution is 5.78. The number of rotatable bonds is 39. The fraction of sp³-hybridized carbons (Fsp3) is 0.890. The van der Waals surface area contributed by atoms with Gasteiger partial charge in [-0.25, -0.2) is 14.4 Å². The number of aliphatic carboxylic acids is 3. The Morgan fingerprint density at radius 3 is 1.06 bits per heavy atom. The Morgan fingerprint density at radius 1 is 0.316 bits per heavy atom. The molecule has 9 fully saturated rings. The van der Waals surface area contributed by atoms with E-state index in [-0.39, 0.29) is 0 Å². The molecule has 133 heavy (non-hydrogen) atoms. The normalized spacial score (nSPS) is 44.4. The second-order valence-corrected chi connectivity index (χ2v) is 33.3. The van der Waals surface area contributed by atoms with Crippen molar-refractivity contribution in [3.05, 3.63) is 0 Å². The van der Waals surface area contributed by atoms with Gasteiger partial charge < -0.3 is 260 Å². The van der Waals surface area contributed by atoms with Gasteiger partial charge in [-0.2, -0.15) is 0 Å². The van der Waals surface area contributed by atoms with Crippen LogP contribution in [-0.4, -0.2) is 553 Å². The minimum absolute atomic E-state index is 0.761. The lowest BCUT2D eigenvalue weighted by molar-refractivity contribution is -0.392. The molecule has 9 heterocycles. The van der Waals surface area contributed by atoms with E-state index in [9.17, 15) is 192 Å². The molecule has 9 rings (SSSR count). The summed E-state index contributed by atoms with van der Waals surface area (Å²) in [5.41, 5.74) is 0. The van der Waals surface area contributed by atoms with Crippen molar-refractivity contribution in [1.82, 2.24) is 26.6 Å². The molecule has 9 saturated heterocycles. The van der Waals surface area contributed by atoms with Crippen molar-refractivity contribution in [2.75, 3.05) is 59.5 Å². The third-order valence-corrected chi connectivity index (χ3v) is 23.7. The average Bonchev–Trinajstić information content (AvgIpc) is 0.755. The molecular weight excluding hydrogens is 1830 g/mol. The average molecular weight is 1950 g/mol. The topological polar surface area (TPSA) is 961 Å². The van der Waals surface area contributed by atoms with Crippen molar-refractivity contribution >= 4 is 47.4 Å². The first-order valence-electron chi connectivity index (χ1n) is 41.5. The number of hydrogen-bond donors (Lipinski definition) is 35. The molecule has 0 radical (unpaired) electrons. The van der Waals surface area contributed by atoms with Crippen molar-refractivity contribution in [2.24, 2.45) is 0 Å². The van der Waals surface area contributed by atoms with Crippen LogP contribution >= 0.6 is 0 Å². The van der Waals surface area contributed by atoms with E-state index in [2.05, 4.69) is 26.6 Å². The Bertz CT molecular complexity index is 3820. The van der Waals surface area contributed by atoms with Gasteiger partial charge in [0.25, 0.3) is 17.4 Å². The van der Waals surface area contributed by atoms with E-state index in [1.165, 1.54) is 0 Å². The molecule has 0 bridgehead atoms. The van der Waals surface area contributed by atoms with E-state index in [0.29, 0.717) is 0 Å². The molecule has 0 aromatic rings. The van der Waals surface area contributed by atoms with E-state index in [0.717, 1.165) is 34.6 Å². The SMILES string of the molecule is CC(=O)N[C@H]1[C@H](OC[C@H]2O[C@@H](O[C@H]3[C@H](O)[C@@H](O)C(O)O[C@@H]3CO)[C@H](O)[C@@H](O[C@@H]3O[C@H](CO[C@]4(C(=O)O)C[C@H](O)[C@@H](NC(C)=O)[C@H]([C@H](O)[C@H](O)CO)O4)[C@@H](O)[C@H](O[C@@H]4O[C@H](CO)[C@H](O)[C@H](O[C@]5(C(=O)O)C[C@H](O)[C@@H](NC(C)=O)[C@H]([C@H](O)[C@H](O)CO)O5)[C@H]4O)[C@H]3NC(C)=O)[C@H]2O)O[C@H](CO)[C@@H](O[C@@H]2O[C@H](CO[C@]3(C(=O)O)C[C@H](O)[C@@H](NC(C)=O)[C@H]([C@H](O)[C@H](O)CO)O3)[C@H](O)[C@H](O)[C@H]2O)[C@@H]1O. The minimum atomic E-state index is -3.47. The highest BCUT2D eigenvalue weighted by atomic mass is 16.8. The van der Waals surface area contributed by atoms with Crippen molar-refractivity contribution in [1.29, 1.82) is 0 Å².